The number of rotatable bonds is 2. The third kappa shape index (κ3) is 2.02. The van der Waals surface area contributed by atoms with Crippen molar-refractivity contribution in [2.45, 2.75) is 0 Å². The van der Waals surface area contributed by atoms with Gasteiger partial charge in [0.25, 0.3) is 0 Å². The summed E-state index contributed by atoms with van der Waals surface area (Å²) in [6.45, 7) is 0. The monoisotopic (exact) mass is 182 g/mol. The lowest BCUT2D eigenvalue weighted by Gasteiger charge is -1.99. The van der Waals surface area contributed by atoms with Gasteiger partial charge >= 0.3 is 0 Å². The maximum Gasteiger partial charge on any atom is 0.248 e. The molecule has 0 bridgehead atoms. The van der Waals surface area contributed by atoms with Gasteiger partial charge in [-0.1, -0.05) is 0 Å². The molecule has 0 heterocycles. The van der Waals surface area contributed by atoms with E-state index in [9.17, 15) is 14.0 Å². The molecular formula is C8H7FN2O2. The Labute approximate surface area is 73.3 Å². The molecule has 4 N–H and O–H groups in total. The Morgan fingerprint density at radius 1 is 1.00 bits per heavy atom. The van der Waals surface area contributed by atoms with Crippen molar-refractivity contribution in [1.82, 2.24) is 0 Å². The fourth-order valence-electron chi connectivity index (χ4n) is 0.874. The number of carbonyl (C=O) groups excluding carboxylic acids is 2. The predicted octanol–water partition coefficient (Wildman–Crippen LogP) is 0.0235. The van der Waals surface area contributed by atoms with Gasteiger partial charge in [0.1, 0.15) is 5.82 Å². The third-order valence-corrected chi connectivity index (χ3v) is 1.47. The topological polar surface area (TPSA) is 86.2 Å². The summed E-state index contributed by atoms with van der Waals surface area (Å²) in [6.07, 6.45) is 0. The van der Waals surface area contributed by atoms with Crippen LogP contribution in [0.4, 0.5) is 4.39 Å². The van der Waals surface area contributed by atoms with Crippen LogP contribution in [0.1, 0.15) is 20.7 Å². The van der Waals surface area contributed by atoms with Crippen LogP contribution >= 0.6 is 0 Å². The van der Waals surface area contributed by atoms with Crippen molar-refractivity contribution >= 4 is 11.8 Å². The molecule has 68 valence electrons. The molecule has 0 aliphatic rings. The Morgan fingerprint density at radius 3 is 1.69 bits per heavy atom. The molecule has 2 amide bonds. The summed E-state index contributed by atoms with van der Waals surface area (Å²) >= 11 is 0. The Bertz CT molecular complexity index is 344. The maximum atomic E-state index is 12.7. The summed E-state index contributed by atoms with van der Waals surface area (Å²) in [7, 11) is 0. The smallest absolute Gasteiger partial charge is 0.248 e. The summed E-state index contributed by atoms with van der Waals surface area (Å²) in [4.78, 5) is 21.3. The van der Waals surface area contributed by atoms with Gasteiger partial charge in [0.05, 0.1) is 0 Å². The quantitative estimate of drug-likeness (QED) is 0.675. The molecule has 0 unspecified atom stereocenters. The van der Waals surface area contributed by atoms with E-state index in [1.54, 1.807) is 0 Å². The van der Waals surface area contributed by atoms with E-state index < -0.39 is 17.6 Å². The fraction of sp³-hybridized carbons (Fsp3) is 0. The van der Waals surface area contributed by atoms with Crippen LogP contribution in [0.15, 0.2) is 18.2 Å². The molecule has 0 aromatic heterocycles. The van der Waals surface area contributed by atoms with E-state index in [2.05, 4.69) is 0 Å². The summed E-state index contributed by atoms with van der Waals surface area (Å²) < 4.78 is 12.7. The predicted molar refractivity (Wildman–Crippen MR) is 43.4 cm³/mol. The number of hydrogen-bond donors (Lipinski definition) is 2. The van der Waals surface area contributed by atoms with Gasteiger partial charge < -0.3 is 11.5 Å². The van der Waals surface area contributed by atoms with Crippen LogP contribution in [0.3, 0.4) is 0 Å². The Balaban J connectivity index is 3.26. The number of amides is 2. The first kappa shape index (κ1) is 9.18. The van der Waals surface area contributed by atoms with Crippen LogP contribution in [0.25, 0.3) is 0 Å². The zero-order valence-electron chi connectivity index (χ0n) is 6.58. The molecule has 1 aromatic rings. The van der Waals surface area contributed by atoms with E-state index in [0.717, 1.165) is 18.2 Å². The SMILES string of the molecule is NC(=O)c1cc(F)cc(C(N)=O)c1. The van der Waals surface area contributed by atoms with Crippen molar-refractivity contribution < 1.29 is 14.0 Å². The fourth-order valence-corrected chi connectivity index (χ4v) is 0.874. The largest absolute Gasteiger partial charge is 0.366 e. The average molecular weight is 182 g/mol. The van der Waals surface area contributed by atoms with E-state index in [1.807, 2.05) is 0 Å². The lowest BCUT2D eigenvalue weighted by molar-refractivity contribution is 0.0999. The Morgan fingerprint density at radius 2 is 1.38 bits per heavy atom. The van der Waals surface area contributed by atoms with Crippen molar-refractivity contribution in [3.63, 3.8) is 0 Å². The Hall–Kier alpha value is -1.91. The summed E-state index contributed by atoms with van der Waals surface area (Å²) in [5.74, 6) is -2.32. The van der Waals surface area contributed by atoms with Gasteiger partial charge in [-0.3, -0.25) is 9.59 Å². The molecule has 0 radical (unpaired) electrons. The van der Waals surface area contributed by atoms with E-state index in [-0.39, 0.29) is 11.1 Å². The van der Waals surface area contributed by atoms with E-state index in [4.69, 9.17) is 11.5 Å². The van der Waals surface area contributed by atoms with E-state index >= 15 is 0 Å². The second-order valence-corrected chi connectivity index (χ2v) is 2.46. The highest BCUT2D eigenvalue weighted by atomic mass is 19.1. The molecule has 0 saturated carbocycles. The molecule has 0 fully saturated rings. The number of primary amides is 2. The summed E-state index contributed by atoms with van der Waals surface area (Å²) in [5, 5.41) is 0. The molecule has 0 atom stereocenters. The van der Waals surface area contributed by atoms with Crippen LogP contribution < -0.4 is 11.5 Å². The molecule has 0 spiro atoms. The molecule has 4 nitrogen and oxygen atoms in total. The highest BCUT2D eigenvalue weighted by Crippen LogP contribution is 2.08. The molecule has 0 aliphatic carbocycles. The van der Waals surface area contributed by atoms with Crippen molar-refractivity contribution in [3.05, 3.63) is 35.1 Å². The van der Waals surface area contributed by atoms with Crippen LogP contribution in [0.5, 0.6) is 0 Å². The molecule has 1 aromatic carbocycles. The highest BCUT2D eigenvalue weighted by Gasteiger charge is 2.08. The van der Waals surface area contributed by atoms with E-state index in [0.29, 0.717) is 0 Å². The second kappa shape index (κ2) is 3.22. The van der Waals surface area contributed by atoms with Crippen LogP contribution in [0.2, 0.25) is 0 Å². The molecule has 13 heavy (non-hydrogen) atoms. The molecular weight excluding hydrogens is 175 g/mol. The first-order valence-electron chi connectivity index (χ1n) is 3.41. The van der Waals surface area contributed by atoms with Crippen molar-refractivity contribution in [1.29, 1.82) is 0 Å². The number of benzene rings is 1. The zero-order valence-corrected chi connectivity index (χ0v) is 6.58. The van der Waals surface area contributed by atoms with Crippen LogP contribution in [-0.4, -0.2) is 11.8 Å². The van der Waals surface area contributed by atoms with Crippen molar-refractivity contribution in [2.75, 3.05) is 0 Å². The Kier molecular flexibility index (Phi) is 2.27. The highest BCUT2D eigenvalue weighted by molar-refractivity contribution is 5.98. The summed E-state index contributed by atoms with van der Waals surface area (Å²) in [5.41, 5.74) is 9.64. The zero-order chi connectivity index (χ0) is 10.0. The number of hydrogen-bond acceptors (Lipinski definition) is 2. The number of nitrogens with two attached hydrogens (primary N) is 2. The van der Waals surface area contributed by atoms with Gasteiger partial charge in [-0.2, -0.15) is 0 Å². The third-order valence-electron chi connectivity index (χ3n) is 1.47. The molecule has 0 saturated heterocycles. The van der Waals surface area contributed by atoms with Crippen molar-refractivity contribution in [3.8, 4) is 0 Å². The van der Waals surface area contributed by atoms with Gasteiger partial charge in [0.15, 0.2) is 0 Å². The van der Waals surface area contributed by atoms with Gasteiger partial charge in [-0.05, 0) is 18.2 Å². The van der Waals surface area contributed by atoms with Gasteiger partial charge in [-0.25, -0.2) is 4.39 Å². The van der Waals surface area contributed by atoms with Crippen LogP contribution in [-0.2, 0) is 0 Å². The molecule has 5 heteroatoms. The number of halogens is 1. The normalized spacial score (nSPS) is 9.62. The van der Waals surface area contributed by atoms with Gasteiger partial charge in [-0.15, -0.1) is 0 Å². The summed E-state index contributed by atoms with van der Waals surface area (Å²) in [6, 6.07) is 3.03. The van der Waals surface area contributed by atoms with Crippen LogP contribution in [0, 0.1) is 5.82 Å². The van der Waals surface area contributed by atoms with E-state index in [1.165, 1.54) is 0 Å². The lowest BCUT2D eigenvalue weighted by atomic mass is 10.1. The molecule has 0 aliphatic heterocycles. The lowest BCUT2D eigenvalue weighted by Crippen LogP contribution is -2.15. The van der Waals surface area contributed by atoms with Gasteiger partial charge in [0.2, 0.25) is 11.8 Å². The minimum atomic E-state index is -0.804. The van der Waals surface area contributed by atoms with Gasteiger partial charge in [0, 0.05) is 11.1 Å². The standard InChI is InChI=1S/C8H7FN2O2/c9-6-2-4(7(10)12)1-5(3-6)8(11)13/h1-3H,(H2,10,12)(H2,11,13). The maximum absolute atomic E-state index is 12.7. The molecule has 1 rings (SSSR count). The first-order valence-corrected chi connectivity index (χ1v) is 3.41. The average Bonchev–Trinajstić information content (AvgIpc) is 2.03. The van der Waals surface area contributed by atoms with Crippen molar-refractivity contribution in [2.24, 2.45) is 11.5 Å². The minimum absolute atomic E-state index is 0.0752. The first-order chi connectivity index (χ1) is 6.00. The second-order valence-electron chi connectivity index (χ2n) is 2.46. The minimum Gasteiger partial charge on any atom is -0.366 e. The number of carbonyl (C=O) groups is 2.